The normalized spacial score (nSPS) is 9.64. The predicted molar refractivity (Wildman–Crippen MR) is 59.2 cm³/mol. The van der Waals surface area contributed by atoms with Gasteiger partial charge in [0, 0.05) is 12.2 Å². The summed E-state index contributed by atoms with van der Waals surface area (Å²) in [5, 5.41) is 6.10. The van der Waals surface area contributed by atoms with Crippen molar-refractivity contribution >= 4 is 34.9 Å². The lowest BCUT2D eigenvalue weighted by atomic mass is 10.3. The average molecular weight is 233 g/mol. The van der Waals surface area contributed by atoms with Crippen molar-refractivity contribution in [3.63, 3.8) is 0 Å². The molecule has 14 heavy (non-hydrogen) atoms. The molecule has 1 aromatic carbocycles. The number of hydrogen-bond acceptors (Lipinski definition) is 1. The van der Waals surface area contributed by atoms with E-state index in [0.29, 0.717) is 22.3 Å². The summed E-state index contributed by atoms with van der Waals surface area (Å²) in [5.74, 6) is 0. The van der Waals surface area contributed by atoms with Crippen LogP contribution in [0.2, 0.25) is 10.0 Å². The molecule has 0 bridgehead atoms. The first-order valence-electron chi connectivity index (χ1n) is 4.13. The van der Waals surface area contributed by atoms with E-state index in [2.05, 4.69) is 10.6 Å². The van der Waals surface area contributed by atoms with Crippen molar-refractivity contribution in [2.45, 2.75) is 6.92 Å². The summed E-state index contributed by atoms with van der Waals surface area (Å²) in [4.78, 5) is 11.1. The highest BCUT2D eigenvalue weighted by Crippen LogP contribution is 2.24. The Morgan fingerprint density at radius 2 is 2.07 bits per heavy atom. The number of rotatable bonds is 2. The lowest BCUT2D eigenvalue weighted by Crippen LogP contribution is -2.28. The van der Waals surface area contributed by atoms with Crippen LogP contribution in [0.5, 0.6) is 0 Å². The van der Waals surface area contributed by atoms with Gasteiger partial charge in [-0.25, -0.2) is 4.79 Å². The van der Waals surface area contributed by atoms with Crippen molar-refractivity contribution in [3.8, 4) is 0 Å². The molecule has 0 spiro atoms. The zero-order chi connectivity index (χ0) is 10.6. The van der Waals surface area contributed by atoms with Gasteiger partial charge in [0.25, 0.3) is 0 Å². The molecule has 1 rings (SSSR count). The molecule has 0 radical (unpaired) electrons. The van der Waals surface area contributed by atoms with E-state index in [-0.39, 0.29) is 6.03 Å². The molecule has 3 nitrogen and oxygen atoms in total. The van der Waals surface area contributed by atoms with E-state index < -0.39 is 0 Å². The fourth-order valence-corrected chi connectivity index (χ4v) is 1.21. The third kappa shape index (κ3) is 3.09. The highest BCUT2D eigenvalue weighted by Gasteiger charge is 2.02. The van der Waals surface area contributed by atoms with Gasteiger partial charge in [0.1, 0.15) is 0 Å². The van der Waals surface area contributed by atoms with Crippen LogP contribution in [0.1, 0.15) is 6.92 Å². The van der Waals surface area contributed by atoms with Crippen LogP contribution in [0, 0.1) is 0 Å². The van der Waals surface area contributed by atoms with Crippen LogP contribution in [0.3, 0.4) is 0 Å². The third-order valence-corrected chi connectivity index (χ3v) is 2.25. The molecule has 5 heteroatoms. The minimum atomic E-state index is -0.258. The summed E-state index contributed by atoms with van der Waals surface area (Å²) >= 11 is 11.5. The highest BCUT2D eigenvalue weighted by atomic mass is 35.5. The minimum Gasteiger partial charge on any atom is -0.338 e. The van der Waals surface area contributed by atoms with Crippen LogP contribution in [0.25, 0.3) is 0 Å². The summed E-state index contributed by atoms with van der Waals surface area (Å²) in [6.07, 6.45) is 0. The quantitative estimate of drug-likeness (QED) is 0.809. The number of hydrogen-bond donors (Lipinski definition) is 2. The first-order chi connectivity index (χ1) is 6.63. The third-order valence-electron chi connectivity index (χ3n) is 1.51. The second-order valence-corrected chi connectivity index (χ2v) is 3.43. The highest BCUT2D eigenvalue weighted by molar-refractivity contribution is 6.42. The monoisotopic (exact) mass is 232 g/mol. The Morgan fingerprint density at radius 3 is 2.64 bits per heavy atom. The molecular formula is C9H10Cl2N2O. The Bertz CT molecular complexity index is 342. The molecule has 0 unspecified atom stereocenters. The van der Waals surface area contributed by atoms with Gasteiger partial charge < -0.3 is 10.6 Å². The first-order valence-corrected chi connectivity index (χ1v) is 4.89. The standard InChI is InChI=1S/C9H10Cl2N2O/c1-2-12-9(14)13-6-3-4-7(10)8(11)5-6/h3-5H,2H2,1H3,(H2,12,13,14). The van der Waals surface area contributed by atoms with Gasteiger partial charge in [-0.3, -0.25) is 0 Å². The minimum absolute atomic E-state index is 0.258. The molecule has 76 valence electrons. The maximum Gasteiger partial charge on any atom is 0.319 e. The van der Waals surface area contributed by atoms with Crippen molar-refractivity contribution < 1.29 is 4.79 Å². The Morgan fingerprint density at radius 1 is 1.36 bits per heavy atom. The van der Waals surface area contributed by atoms with Gasteiger partial charge in [-0.05, 0) is 25.1 Å². The largest absolute Gasteiger partial charge is 0.338 e. The topological polar surface area (TPSA) is 41.1 Å². The number of halogens is 2. The number of amides is 2. The van der Waals surface area contributed by atoms with Crippen molar-refractivity contribution in [2.24, 2.45) is 0 Å². The van der Waals surface area contributed by atoms with E-state index >= 15 is 0 Å². The van der Waals surface area contributed by atoms with Crippen LogP contribution in [0.15, 0.2) is 18.2 Å². The smallest absolute Gasteiger partial charge is 0.319 e. The summed E-state index contributed by atoms with van der Waals surface area (Å²) in [7, 11) is 0. The number of urea groups is 1. The molecule has 2 N–H and O–H groups in total. The molecule has 1 aromatic rings. The Balaban J connectivity index is 2.68. The number of carbonyl (C=O) groups excluding carboxylic acids is 1. The van der Waals surface area contributed by atoms with E-state index in [4.69, 9.17) is 23.2 Å². The van der Waals surface area contributed by atoms with Gasteiger partial charge in [0.2, 0.25) is 0 Å². The maximum atomic E-state index is 11.1. The molecule has 0 aliphatic heterocycles. The number of nitrogens with one attached hydrogen (secondary N) is 2. The van der Waals surface area contributed by atoms with Crippen LogP contribution in [-0.2, 0) is 0 Å². The van der Waals surface area contributed by atoms with Crippen LogP contribution < -0.4 is 10.6 Å². The van der Waals surface area contributed by atoms with E-state index in [1.165, 1.54) is 0 Å². The molecule has 0 fully saturated rings. The van der Waals surface area contributed by atoms with Crippen molar-refractivity contribution in [3.05, 3.63) is 28.2 Å². The number of carbonyl (C=O) groups is 1. The molecule has 0 atom stereocenters. The van der Waals surface area contributed by atoms with E-state index in [1.807, 2.05) is 6.92 Å². The Labute approximate surface area is 92.4 Å². The summed E-state index contributed by atoms with van der Waals surface area (Å²) in [6.45, 7) is 2.42. The van der Waals surface area contributed by atoms with E-state index in [9.17, 15) is 4.79 Å². The van der Waals surface area contributed by atoms with Crippen LogP contribution >= 0.6 is 23.2 Å². The lowest BCUT2D eigenvalue weighted by Gasteiger charge is -2.06. The van der Waals surface area contributed by atoms with Crippen molar-refractivity contribution in [1.82, 2.24) is 5.32 Å². The zero-order valence-electron chi connectivity index (χ0n) is 7.60. The maximum absolute atomic E-state index is 11.1. The predicted octanol–water partition coefficient (Wildman–Crippen LogP) is 3.13. The molecule has 2 amide bonds. The fourth-order valence-electron chi connectivity index (χ4n) is 0.910. The summed E-state index contributed by atoms with van der Waals surface area (Å²) in [5.41, 5.74) is 0.616. The summed E-state index contributed by atoms with van der Waals surface area (Å²) in [6, 6.07) is 4.65. The molecular weight excluding hydrogens is 223 g/mol. The van der Waals surface area contributed by atoms with Crippen molar-refractivity contribution in [1.29, 1.82) is 0 Å². The fraction of sp³-hybridized carbons (Fsp3) is 0.222. The van der Waals surface area contributed by atoms with Gasteiger partial charge in [0.05, 0.1) is 10.0 Å². The van der Waals surface area contributed by atoms with Crippen molar-refractivity contribution in [2.75, 3.05) is 11.9 Å². The molecule has 0 saturated heterocycles. The van der Waals surface area contributed by atoms with Gasteiger partial charge >= 0.3 is 6.03 Å². The Hall–Kier alpha value is -0.930. The van der Waals surface area contributed by atoms with Gasteiger partial charge in [0.15, 0.2) is 0 Å². The van der Waals surface area contributed by atoms with Gasteiger partial charge in [-0.15, -0.1) is 0 Å². The second kappa shape index (κ2) is 5.08. The first kappa shape index (κ1) is 11.1. The average Bonchev–Trinajstić information content (AvgIpc) is 2.12. The van der Waals surface area contributed by atoms with Crippen LogP contribution in [-0.4, -0.2) is 12.6 Å². The zero-order valence-corrected chi connectivity index (χ0v) is 9.12. The molecule has 0 aromatic heterocycles. The molecule has 0 heterocycles. The Kier molecular flexibility index (Phi) is 4.04. The molecule has 0 saturated carbocycles. The van der Waals surface area contributed by atoms with Gasteiger partial charge in [-0.1, -0.05) is 23.2 Å². The van der Waals surface area contributed by atoms with E-state index in [0.717, 1.165) is 0 Å². The lowest BCUT2D eigenvalue weighted by molar-refractivity contribution is 0.252. The summed E-state index contributed by atoms with van der Waals surface area (Å²) < 4.78 is 0. The number of anilines is 1. The number of benzene rings is 1. The molecule has 0 aliphatic carbocycles. The van der Waals surface area contributed by atoms with Crippen LogP contribution in [0.4, 0.5) is 10.5 Å². The second-order valence-electron chi connectivity index (χ2n) is 2.61. The van der Waals surface area contributed by atoms with E-state index in [1.54, 1.807) is 18.2 Å². The molecule has 0 aliphatic rings. The SMILES string of the molecule is CCNC(=O)Nc1ccc(Cl)c(Cl)c1. The van der Waals surface area contributed by atoms with Gasteiger partial charge in [-0.2, -0.15) is 0 Å².